The highest BCUT2D eigenvalue weighted by Crippen LogP contribution is 2.26. The first-order valence-electron chi connectivity index (χ1n) is 11.9. The molecule has 2 heterocycles. The number of amides is 2. The molecule has 1 saturated heterocycles. The third kappa shape index (κ3) is 6.26. The van der Waals surface area contributed by atoms with E-state index < -0.39 is 0 Å². The number of carbonyl (C=O) groups excluding carboxylic acids is 2. The van der Waals surface area contributed by atoms with E-state index in [1.807, 2.05) is 38.1 Å². The van der Waals surface area contributed by atoms with Gasteiger partial charge in [-0.05, 0) is 63.5 Å². The molecule has 35 heavy (non-hydrogen) atoms. The third-order valence-electron chi connectivity index (χ3n) is 6.32. The van der Waals surface area contributed by atoms with Gasteiger partial charge in [0.1, 0.15) is 0 Å². The standard InChI is InChI=1S/C26H30ClN5O3/c1-3-17(2)28-26(34)20-9-5-7-11-22(20)29-25(33)18-12-14-32(15-13-18)16-23-30-24(31-35-23)19-8-4-6-10-21(19)27/h4-11,17-18H,3,12-16H2,1-2H3,(H,28,34)(H,29,33). The summed E-state index contributed by atoms with van der Waals surface area (Å²) in [6.45, 7) is 5.96. The summed E-state index contributed by atoms with van der Waals surface area (Å²) >= 11 is 6.23. The lowest BCUT2D eigenvalue weighted by atomic mass is 9.95. The van der Waals surface area contributed by atoms with Crippen molar-refractivity contribution >= 4 is 29.1 Å². The Morgan fingerprint density at radius 3 is 2.60 bits per heavy atom. The van der Waals surface area contributed by atoms with Crippen LogP contribution >= 0.6 is 11.6 Å². The summed E-state index contributed by atoms with van der Waals surface area (Å²) < 4.78 is 5.42. The molecule has 1 aliphatic rings. The first kappa shape index (κ1) is 24.9. The fourth-order valence-corrected chi connectivity index (χ4v) is 4.26. The third-order valence-corrected chi connectivity index (χ3v) is 6.65. The molecule has 2 aromatic carbocycles. The van der Waals surface area contributed by atoms with Gasteiger partial charge in [0.2, 0.25) is 17.6 Å². The minimum Gasteiger partial charge on any atom is -0.350 e. The number of anilines is 1. The normalized spacial score (nSPS) is 15.5. The molecule has 9 heteroatoms. The molecule has 0 radical (unpaired) electrons. The van der Waals surface area contributed by atoms with Crippen LogP contribution in [0.15, 0.2) is 53.1 Å². The Morgan fingerprint density at radius 2 is 1.86 bits per heavy atom. The van der Waals surface area contributed by atoms with E-state index in [1.165, 1.54) is 0 Å². The number of likely N-dealkylation sites (tertiary alicyclic amines) is 1. The number of aromatic nitrogens is 2. The number of hydrogen-bond acceptors (Lipinski definition) is 6. The van der Waals surface area contributed by atoms with Gasteiger partial charge < -0.3 is 15.2 Å². The van der Waals surface area contributed by atoms with Crippen molar-refractivity contribution in [2.45, 2.75) is 45.7 Å². The van der Waals surface area contributed by atoms with Gasteiger partial charge in [0.25, 0.3) is 5.91 Å². The molecule has 0 saturated carbocycles. The molecule has 2 amide bonds. The first-order chi connectivity index (χ1) is 16.9. The molecule has 1 aliphatic heterocycles. The van der Waals surface area contributed by atoms with Gasteiger partial charge in [-0.25, -0.2) is 0 Å². The maximum atomic E-state index is 13.0. The van der Waals surface area contributed by atoms with Crippen molar-refractivity contribution in [2.24, 2.45) is 5.92 Å². The average Bonchev–Trinajstić information content (AvgIpc) is 3.33. The molecule has 2 N–H and O–H groups in total. The van der Waals surface area contributed by atoms with E-state index in [-0.39, 0.29) is 23.8 Å². The van der Waals surface area contributed by atoms with Gasteiger partial charge in [-0.15, -0.1) is 0 Å². The zero-order chi connectivity index (χ0) is 24.8. The number of nitrogens with zero attached hydrogens (tertiary/aromatic N) is 3. The Morgan fingerprint density at radius 1 is 1.14 bits per heavy atom. The molecule has 1 aromatic heterocycles. The maximum Gasteiger partial charge on any atom is 0.253 e. The van der Waals surface area contributed by atoms with E-state index in [0.29, 0.717) is 47.4 Å². The van der Waals surface area contributed by atoms with Crippen LogP contribution in [0.3, 0.4) is 0 Å². The predicted octanol–water partition coefficient (Wildman–Crippen LogP) is 4.77. The summed E-state index contributed by atoms with van der Waals surface area (Å²) in [7, 11) is 0. The number of carbonyl (C=O) groups is 2. The SMILES string of the molecule is CCC(C)NC(=O)c1ccccc1NC(=O)C1CCN(Cc2nc(-c3ccccc3Cl)no2)CC1. The monoisotopic (exact) mass is 495 g/mol. The molecule has 4 rings (SSSR count). The van der Waals surface area contributed by atoms with Crippen molar-refractivity contribution in [3.63, 3.8) is 0 Å². The molecule has 1 fully saturated rings. The Balaban J connectivity index is 1.31. The predicted molar refractivity (Wildman–Crippen MR) is 135 cm³/mol. The molecule has 1 unspecified atom stereocenters. The largest absolute Gasteiger partial charge is 0.350 e. The number of hydrogen-bond donors (Lipinski definition) is 2. The Labute approximate surface area is 210 Å². The van der Waals surface area contributed by atoms with E-state index in [9.17, 15) is 9.59 Å². The summed E-state index contributed by atoms with van der Waals surface area (Å²) in [5.74, 6) is 0.617. The van der Waals surface area contributed by atoms with Crippen LogP contribution in [0, 0.1) is 5.92 Å². The maximum absolute atomic E-state index is 13.0. The lowest BCUT2D eigenvalue weighted by molar-refractivity contribution is -0.121. The van der Waals surface area contributed by atoms with Gasteiger partial charge in [0.05, 0.1) is 22.8 Å². The molecule has 1 atom stereocenters. The van der Waals surface area contributed by atoms with Crippen LogP contribution in [0.4, 0.5) is 5.69 Å². The smallest absolute Gasteiger partial charge is 0.253 e. The van der Waals surface area contributed by atoms with E-state index in [1.54, 1.807) is 24.3 Å². The fourth-order valence-electron chi connectivity index (χ4n) is 4.04. The fraction of sp³-hybridized carbons (Fsp3) is 0.385. The lowest BCUT2D eigenvalue weighted by Gasteiger charge is -2.30. The van der Waals surface area contributed by atoms with Crippen molar-refractivity contribution in [3.8, 4) is 11.4 Å². The zero-order valence-electron chi connectivity index (χ0n) is 20.0. The summed E-state index contributed by atoms with van der Waals surface area (Å²) in [5.41, 5.74) is 1.75. The van der Waals surface area contributed by atoms with E-state index in [4.69, 9.17) is 16.1 Å². The van der Waals surface area contributed by atoms with E-state index >= 15 is 0 Å². The Kier molecular flexibility index (Phi) is 8.15. The van der Waals surface area contributed by atoms with Crippen LogP contribution in [0.2, 0.25) is 5.02 Å². The van der Waals surface area contributed by atoms with Gasteiger partial charge >= 0.3 is 0 Å². The Bertz CT molecular complexity index is 1170. The highest BCUT2D eigenvalue weighted by atomic mass is 35.5. The minimum absolute atomic E-state index is 0.0627. The zero-order valence-corrected chi connectivity index (χ0v) is 20.7. The quantitative estimate of drug-likeness (QED) is 0.467. The number of piperidine rings is 1. The van der Waals surface area contributed by atoms with Gasteiger partial charge in [-0.3, -0.25) is 14.5 Å². The minimum atomic E-state index is -0.180. The average molecular weight is 496 g/mol. The van der Waals surface area contributed by atoms with Gasteiger partial charge in [0.15, 0.2) is 0 Å². The molecule has 184 valence electrons. The van der Waals surface area contributed by atoms with Crippen molar-refractivity contribution in [2.75, 3.05) is 18.4 Å². The second kappa shape index (κ2) is 11.5. The lowest BCUT2D eigenvalue weighted by Crippen LogP contribution is -2.38. The Hall–Kier alpha value is -3.23. The van der Waals surface area contributed by atoms with Crippen molar-refractivity contribution in [1.29, 1.82) is 0 Å². The van der Waals surface area contributed by atoms with Crippen LogP contribution < -0.4 is 10.6 Å². The molecule has 0 spiro atoms. The highest BCUT2D eigenvalue weighted by Gasteiger charge is 2.27. The van der Waals surface area contributed by atoms with Crippen molar-refractivity contribution in [3.05, 3.63) is 65.0 Å². The van der Waals surface area contributed by atoms with Crippen LogP contribution in [0.5, 0.6) is 0 Å². The topological polar surface area (TPSA) is 100 Å². The summed E-state index contributed by atoms with van der Waals surface area (Å²) in [6.07, 6.45) is 2.25. The number of rotatable bonds is 8. The van der Waals surface area contributed by atoms with Crippen LogP contribution in [0.1, 0.15) is 49.4 Å². The number of halogens is 1. The number of para-hydroxylation sites is 1. The highest BCUT2D eigenvalue weighted by molar-refractivity contribution is 6.33. The van der Waals surface area contributed by atoms with Crippen molar-refractivity contribution < 1.29 is 14.1 Å². The van der Waals surface area contributed by atoms with Crippen LogP contribution in [0.25, 0.3) is 11.4 Å². The second-order valence-corrected chi connectivity index (χ2v) is 9.27. The number of nitrogens with one attached hydrogen (secondary N) is 2. The van der Waals surface area contributed by atoms with Gasteiger partial charge in [-0.2, -0.15) is 4.98 Å². The number of benzene rings is 2. The first-order valence-corrected chi connectivity index (χ1v) is 12.3. The molecular weight excluding hydrogens is 466 g/mol. The van der Waals surface area contributed by atoms with Crippen molar-refractivity contribution in [1.82, 2.24) is 20.4 Å². The second-order valence-electron chi connectivity index (χ2n) is 8.86. The summed E-state index contributed by atoms with van der Waals surface area (Å²) in [6, 6.07) is 14.6. The molecule has 0 bridgehead atoms. The van der Waals surface area contributed by atoms with E-state index in [2.05, 4.69) is 25.7 Å². The van der Waals surface area contributed by atoms with Gasteiger partial charge in [0, 0.05) is 17.5 Å². The molecular formula is C26H30ClN5O3. The van der Waals surface area contributed by atoms with E-state index in [0.717, 1.165) is 25.1 Å². The summed E-state index contributed by atoms with van der Waals surface area (Å²) in [4.78, 5) is 32.3. The van der Waals surface area contributed by atoms with Crippen LogP contribution in [-0.2, 0) is 11.3 Å². The van der Waals surface area contributed by atoms with Gasteiger partial charge in [-0.1, -0.05) is 47.9 Å². The molecule has 8 nitrogen and oxygen atoms in total. The van der Waals surface area contributed by atoms with Crippen LogP contribution in [-0.4, -0.2) is 46.0 Å². The molecule has 3 aromatic rings. The summed E-state index contributed by atoms with van der Waals surface area (Å²) in [5, 5.41) is 10.6. The molecule has 0 aliphatic carbocycles.